The van der Waals surface area contributed by atoms with Gasteiger partial charge >= 0.3 is 0 Å². The minimum Gasteiger partial charge on any atom is -0.354 e. The molecule has 96 valence electrons. The smallest absolute Gasteiger partial charge is 0.220 e. The van der Waals surface area contributed by atoms with Gasteiger partial charge in [-0.1, -0.05) is 27.2 Å². The Bertz CT molecular complexity index is 192. The first-order chi connectivity index (χ1) is 7.49. The van der Waals surface area contributed by atoms with Crippen LogP contribution in [-0.2, 0) is 4.79 Å². The van der Waals surface area contributed by atoms with Crippen LogP contribution in [0.4, 0.5) is 0 Å². The highest BCUT2D eigenvalue weighted by molar-refractivity contribution is 5.76. The molecule has 3 N–H and O–H groups in total. The van der Waals surface area contributed by atoms with Crippen LogP contribution in [0, 0.1) is 11.8 Å². The van der Waals surface area contributed by atoms with Crippen molar-refractivity contribution in [1.82, 2.24) is 5.32 Å². The van der Waals surface area contributed by atoms with Crippen molar-refractivity contribution in [1.29, 1.82) is 0 Å². The van der Waals surface area contributed by atoms with Crippen LogP contribution in [0.15, 0.2) is 0 Å². The van der Waals surface area contributed by atoms with E-state index in [-0.39, 0.29) is 11.9 Å². The molecule has 3 heteroatoms. The Morgan fingerprint density at radius 3 is 2.38 bits per heavy atom. The van der Waals surface area contributed by atoms with Gasteiger partial charge in [-0.2, -0.15) is 0 Å². The van der Waals surface area contributed by atoms with Crippen molar-refractivity contribution in [3.63, 3.8) is 0 Å². The van der Waals surface area contributed by atoms with Crippen molar-refractivity contribution in [2.75, 3.05) is 6.54 Å². The van der Waals surface area contributed by atoms with Gasteiger partial charge in [0.05, 0.1) is 0 Å². The molecular formula is C13H28N2O. The van der Waals surface area contributed by atoms with E-state index in [1.807, 2.05) is 0 Å². The molecule has 0 heterocycles. The van der Waals surface area contributed by atoms with Crippen LogP contribution < -0.4 is 11.1 Å². The standard InChI is InChI=1S/C13H28N2O/c1-5-6-11(4)15-13(16)8-12(9-14)7-10(2)3/h10-12H,5-9,14H2,1-4H3,(H,15,16)/t11?,12-/m0/s1. The number of hydrogen-bond acceptors (Lipinski definition) is 2. The minimum absolute atomic E-state index is 0.150. The zero-order valence-electron chi connectivity index (χ0n) is 11.3. The fourth-order valence-corrected chi connectivity index (χ4v) is 2.03. The third kappa shape index (κ3) is 7.69. The van der Waals surface area contributed by atoms with Crippen LogP contribution in [0.3, 0.4) is 0 Å². The molecule has 0 fully saturated rings. The predicted molar refractivity (Wildman–Crippen MR) is 69.1 cm³/mol. The summed E-state index contributed by atoms with van der Waals surface area (Å²) in [4.78, 5) is 11.7. The molecule has 1 amide bonds. The molecule has 0 saturated heterocycles. The average molecular weight is 228 g/mol. The Labute approximate surface area is 100 Å². The maximum atomic E-state index is 11.7. The van der Waals surface area contributed by atoms with Gasteiger partial charge < -0.3 is 11.1 Å². The lowest BCUT2D eigenvalue weighted by Crippen LogP contribution is -2.35. The minimum atomic E-state index is 0.150. The van der Waals surface area contributed by atoms with Crippen LogP contribution in [-0.4, -0.2) is 18.5 Å². The quantitative estimate of drug-likeness (QED) is 0.670. The van der Waals surface area contributed by atoms with E-state index in [9.17, 15) is 4.79 Å². The van der Waals surface area contributed by atoms with Gasteiger partial charge in [-0.05, 0) is 38.1 Å². The van der Waals surface area contributed by atoms with Gasteiger partial charge in [0, 0.05) is 12.5 Å². The molecule has 1 unspecified atom stereocenters. The molecule has 3 nitrogen and oxygen atoms in total. The fraction of sp³-hybridized carbons (Fsp3) is 0.923. The van der Waals surface area contributed by atoms with Gasteiger partial charge in [0.2, 0.25) is 5.91 Å². The number of carbonyl (C=O) groups is 1. The molecule has 2 atom stereocenters. The number of carbonyl (C=O) groups excluding carboxylic acids is 1. The largest absolute Gasteiger partial charge is 0.354 e. The zero-order chi connectivity index (χ0) is 12.6. The second-order valence-electron chi connectivity index (χ2n) is 5.19. The maximum Gasteiger partial charge on any atom is 0.220 e. The zero-order valence-corrected chi connectivity index (χ0v) is 11.3. The molecule has 0 radical (unpaired) electrons. The van der Waals surface area contributed by atoms with Crippen molar-refractivity contribution in [2.45, 2.75) is 59.4 Å². The molecule has 0 bridgehead atoms. The summed E-state index contributed by atoms with van der Waals surface area (Å²) in [6, 6.07) is 0.287. The number of amides is 1. The Kier molecular flexibility index (Phi) is 8.26. The molecule has 0 aromatic heterocycles. The Morgan fingerprint density at radius 2 is 1.94 bits per heavy atom. The molecule has 0 aromatic rings. The maximum absolute atomic E-state index is 11.7. The van der Waals surface area contributed by atoms with Gasteiger partial charge in [0.15, 0.2) is 0 Å². The van der Waals surface area contributed by atoms with Crippen LogP contribution in [0.1, 0.15) is 53.4 Å². The summed E-state index contributed by atoms with van der Waals surface area (Å²) in [5.74, 6) is 1.08. The third-order valence-electron chi connectivity index (χ3n) is 2.74. The molecule has 0 saturated carbocycles. The van der Waals surface area contributed by atoms with E-state index < -0.39 is 0 Å². The second kappa shape index (κ2) is 8.57. The lowest BCUT2D eigenvalue weighted by molar-refractivity contribution is -0.122. The van der Waals surface area contributed by atoms with Gasteiger partial charge in [-0.3, -0.25) is 4.79 Å². The monoisotopic (exact) mass is 228 g/mol. The third-order valence-corrected chi connectivity index (χ3v) is 2.74. The first-order valence-corrected chi connectivity index (χ1v) is 6.49. The molecule has 0 spiro atoms. The average Bonchev–Trinajstić information content (AvgIpc) is 2.15. The Hall–Kier alpha value is -0.570. The van der Waals surface area contributed by atoms with E-state index in [1.54, 1.807) is 0 Å². The Balaban J connectivity index is 3.91. The number of nitrogens with one attached hydrogen (secondary N) is 1. The lowest BCUT2D eigenvalue weighted by Gasteiger charge is -2.18. The summed E-state index contributed by atoms with van der Waals surface area (Å²) in [6.07, 6.45) is 3.76. The number of nitrogens with two attached hydrogens (primary N) is 1. The lowest BCUT2D eigenvalue weighted by atomic mass is 9.94. The van der Waals surface area contributed by atoms with Gasteiger partial charge in [-0.25, -0.2) is 0 Å². The SMILES string of the molecule is CCCC(C)NC(=O)C[C@@H](CN)CC(C)C. The summed E-state index contributed by atoms with van der Waals surface area (Å²) in [6.45, 7) is 9.12. The molecule has 0 aliphatic carbocycles. The predicted octanol–water partition coefficient (Wildman–Crippen LogP) is 2.30. The molecule has 0 aliphatic heterocycles. The molecular weight excluding hydrogens is 200 g/mol. The molecule has 0 aliphatic rings. The van der Waals surface area contributed by atoms with Crippen molar-refractivity contribution in [3.05, 3.63) is 0 Å². The topological polar surface area (TPSA) is 55.1 Å². The Morgan fingerprint density at radius 1 is 1.31 bits per heavy atom. The number of hydrogen-bond donors (Lipinski definition) is 2. The fourth-order valence-electron chi connectivity index (χ4n) is 2.03. The van der Waals surface area contributed by atoms with E-state index in [4.69, 9.17) is 5.73 Å². The normalized spacial score (nSPS) is 14.9. The van der Waals surface area contributed by atoms with E-state index in [1.165, 1.54) is 0 Å². The number of rotatable bonds is 8. The van der Waals surface area contributed by atoms with Crippen molar-refractivity contribution < 1.29 is 4.79 Å². The molecule has 0 aromatic carbocycles. The second-order valence-corrected chi connectivity index (χ2v) is 5.19. The molecule has 0 rings (SSSR count). The summed E-state index contributed by atoms with van der Waals surface area (Å²) in [5, 5.41) is 3.02. The van der Waals surface area contributed by atoms with Crippen molar-refractivity contribution in [2.24, 2.45) is 17.6 Å². The van der Waals surface area contributed by atoms with Gasteiger partial charge in [0.1, 0.15) is 0 Å². The highest BCUT2D eigenvalue weighted by atomic mass is 16.1. The van der Waals surface area contributed by atoms with Crippen LogP contribution in [0.25, 0.3) is 0 Å². The van der Waals surface area contributed by atoms with E-state index in [0.717, 1.165) is 19.3 Å². The summed E-state index contributed by atoms with van der Waals surface area (Å²) >= 11 is 0. The van der Waals surface area contributed by atoms with Crippen LogP contribution >= 0.6 is 0 Å². The summed E-state index contributed by atoms with van der Waals surface area (Å²) in [5.41, 5.74) is 5.68. The van der Waals surface area contributed by atoms with Crippen LogP contribution in [0.2, 0.25) is 0 Å². The summed E-state index contributed by atoms with van der Waals surface area (Å²) in [7, 11) is 0. The van der Waals surface area contributed by atoms with Gasteiger partial charge in [-0.15, -0.1) is 0 Å². The van der Waals surface area contributed by atoms with Gasteiger partial charge in [0.25, 0.3) is 0 Å². The van der Waals surface area contributed by atoms with E-state index in [0.29, 0.717) is 24.8 Å². The van der Waals surface area contributed by atoms with Crippen molar-refractivity contribution >= 4 is 5.91 Å². The first kappa shape index (κ1) is 15.4. The first-order valence-electron chi connectivity index (χ1n) is 6.49. The molecule has 16 heavy (non-hydrogen) atoms. The van der Waals surface area contributed by atoms with E-state index in [2.05, 4.69) is 33.0 Å². The van der Waals surface area contributed by atoms with E-state index >= 15 is 0 Å². The van der Waals surface area contributed by atoms with Crippen LogP contribution in [0.5, 0.6) is 0 Å². The van der Waals surface area contributed by atoms with Crippen molar-refractivity contribution in [3.8, 4) is 0 Å². The highest BCUT2D eigenvalue weighted by Crippen LogP contribution is 2.14. The highest BCUT2D eigenvalue weighted by Gasteiger charge is 2.15. The summed E-state index contributed by atoms with van der Waals surface area (Å²) < 4.78 is 0.